The molecular weight excluding hydrogens is 442 g/mol. The maximum atomic E-state index is 12.3. The van der Waals surface area contributed by atoms with Crippen LogP contribution in [0.4, 0.5) is 5.69 Å². The van der Waals surface area contributed by atoms with E-state index in [2.05, 4.69) is 10.2 Å². The molecule has 0 bridgehead atoms. The number of carbonyl (C=O) groups is 1. The Morgan fingerprint density at radius 1 is 0.970 bits per heavy atom. The van der Waals surface area contributed by atoms with Crippen molar-refractivity contribution in [3.05, 3.63) is 83.4 Å². The summed E-state index contributed by atoms with van der Waals surface area (Å²) >= 11 is 5.97. The summed E-state index contributed by atoms with van der Waals surface area (Å²) in [7, 11) is 0. The van der Waals surface area contributed by atoms with Gasteiger partial charge >= 0.3 is 5.91 Å². The standard InChI is InChI=1S/C25H22ClN3O4/c1-2-32-21-9-5-6-10-22(21)33-16-23(30)27-28-24-19-7-3-4-8-20(19)29(25(24)31)15-17-11-13-18(26)14-12-17/h3-14,31H,2,15-16H2,1H3. The van der Waals surface area contributed by atoms with Crippen LogP contribution in [0.3, 0.4) is 0 Å². The van der Waals surface area contributed by atoms with Gasteiger partial charge in [0, 0.05) is 10.4 Å². The van der Waals surface area contributed by atoms with Crippen LogP contribution in [0.2, 0.25) is 5.02 Å². The minimum absolute atomic E-state index is 0.0784. The highest BCUT2D eigenvalue weighted by atomic mass is 35.5. The Balaban J connectivity index is 1.54. The van der Waals surface area contributed by atoms with Crippen LogP contribution in [-0.4, -0.2) is 28.8 Å². The topological polar surface area (TPSA) is 85.4 Å². The van der Waals surface area contributed by atoms with Crippen molar-refractivity contribution in [3.63, 3.8) is 0 Å². The fourth-order valence-electron chi connectivity index (χ4n) is 3.42. The lowest BCUT2D eigenvalue weighted by Gasteiger charge is -2.09. The van der Waals surface area contributed by atoms with Crippen LogP contribution < -0.4 is 9.47 Å². The highest BCUT2D eigenvalue weighted by Crippen LogP contribution is 2.39. The van der Waals surface area contributed by atoms with Crippen LogP contribution in [0.1, 0.15) is 12.5 Å². The number of carbonyl (C=O) groups excluding carboxylic acids is 1. The van der Waals surface area contributed by atoms with E-state index in [0.717, 1.165) is 11.1 Å². The van der Waals surface area contributed by atoms with Crippen molar-refractivity contribution < 1.29 is 19.4 Å². The number of benzene rings is 3. The van der Waals surface area contributed by atoms with E-state index in [1.165, 1.54) is 0 Å². The largest absolute Gasteiger partial charge is 0.493 e. The van der Waals surface area contributed by atoms with Crippen molar-refractivity contribution in [2.24, 2.45) is 10.2 Å². The molecule has 3 aromatic carbocycles. The van der Waals surface area contributed by atoms with Gasteiger partial charge in [0.15, 0.2) is 23.8 Å². The average Bonchev–Trinajstić information content (AvgIpc) is 3.09. The molecule has 0 aliphatic heterocycles. The van der Waals surface area contributed by atoms with E-state index < -0.39 is 5.91 Å². The fourth-order valence-corrected chi connectivity index (χ4v) is 3.55. The minimum atomic E-state index is -0.588. The van der Waals surface area contributed by atoms with Gasteiger partial charge in [-0.05, 0) is 42.8 Å². The lowest BCUT2D eigenvalue weighted by Crippen LogP contribution is -2.09. The van der Waals surface area contributed by atoms with Gasteiger partial charge in [-0.2, -0.15) is 0 Å². The molecule has 0 spiro atoms. The molecule has 1 amide bonds. The van der Waals surface area contributed by atoms with Gasteiger partial charge in [-0.3, -0.25) is 4.79 Å². The Bertz CT molecular complexity index is 1300. The predicted octanol–water partition coefficient (Wildman–Crippen LogP) is 6.14. The summed E-state index contributed by atoms with van der Waals surface area (Å²) < 4.78 is 12.7. The van der Waals surface area contributed by atoms with Crippen LogP contribution in [0, 0.1) is 0 Å². The summed E-state index contributed by atoms with van der Waals surface area (Å²) in [5, 5.41) is 20.0. The van der Waals surface area contributed by atoms with Gasteiger partial charge in [-0.1, -0.05) is 54.1 Å². The van der Waals surface area contributed by atoms with Gasteiger partial charge in [-0.25, -0.2) is 0 Å². The second kappa shape index (κ2) is 10.2. The van der Waals surface area contributed by atoms with Crippen LogP contribution in [0.5, 0.6) is 17.4 Å². The quantitative estimate of drug-likeness (QED) is 0.318. The number of aromatic hydroxyl groups is 1. The van der Waals surface area contributed by atoms with E-state index in [4.69, 9.17) is 21.1 Å². The first kappa shape index (κ1) is 22.4. The first-order valence-electron chi connectivity index (χ1n) is 10.4. The molecule has 4 rings (SSSR count). The number of aromatic nitrogens is 1. The zero-order valence-corrected chi connectivity index (χ0v) is 18.7. The Morgan fingerprint density at radius 2 is 1.64 bits per heavy atom. The summed E-state index contributed by atoms with van der Waals surface area (Å²) in [5.41, 5.74) is 1.95. The lowest BCUT2D eigenvalue weighted by molar-refractivity contribution is -0.120. The van der Waals surface area contributed by atoms with Crippen LogP contribution >= 0.6 is 11.6 Å². The summed E-state index contributed by atoms with van der Waals surface area (Å²) in [6.45, 7) is 2.45. The zero-order valence-electron chi connectivity index (χ0n) is 17.9. The van der Waals surface area contributed by atoms with Gasteiger partial charge in [0.1, 0.15) is 0 Å². The number of azo groups is 1. The Morgan fingerprint density at radius 3 is 2.36 bits per heavy atom. The number of halogens is 1. The second-order valence-electron chi connectivity index (χ2n) is 7.16. The fraction of sp³-hybridized carbons (Fsp3) is 0.160. The van der Waals surface area contributed by atoms with E-state index in [0.29, 0.717) is 35.1 Å². The molecule has 33 heavy (non-hydrogen) atoms. The molecular formula is C25H22ClN3O4. The van der Waals surface area contributed by atoms with E-state index in [9.17, 15) is 9.90 Å². The molecule has 0 aliphatic carbocycles. The van der Waals surface area contributed by atoms with Crippen LogP contribution in [0.25, 0.3) is 10.9 Å². The van der Waals surface area contributed by atoms with Gasteiger partial charge in [0.2, 0.25) is 5.88 Å². The summed E-state index contributed by atoms with van der Waals surface area (Å²) in [4.78, 5) is 12.3. The summed E-state index contributed by atoms with van der Waals surface area (Å²) in [6, 6.07) is 21.9. The third-order valence-corrected chi connectivity index (χ3v) is 5.19. The lowest BCUT2D eigenvalue weighted by atomic mass is 10.2. The molecule has 168 valence electrons. The van der Waals surface area contributed by atoms with Crippen molar-refractivity contribution in [2.45, 2.75) is 13.5 Å². The Labute approximate surface area is 195 Å². The monoisotopic (exact) mass is 463 g/mol. The maximum Gasteiger partial charge on any atom is 0.302 e. The Hall–Kier alpha value is -3.84. The van der Waals surface area contributed by atoms with Crippen molar-refractivity contribution in [3.8, 4) is 17.4 Å². The SMILES string of the molecule is CCOc1ccccc1OCC(=O)N=Nc1c(O)n(Cc2ccc(Cl)cc2)c2ccccc12. The number of fused-ring (bicyclic) bond motifs is 1. The molecule has 0 atom stereocenters. The van der Waals surface area contributed by atoms with E-state index in [1.807, 2.05) is 49.4 Å². The van der Waals surface area contributed by atoms with Crippen LogP contribution in [-0.2, 0) is 11.3 Å². The highest BCUT2D eigenvalue weighted by molar-refractivity contribution is 6.30. The van der Waals surface area contributed by atoms with Crippen molar-refractivity contribution in [1.82, 2.24) is 4.57 Å². The molecule has 0 fully saturated rings. The molecule has 1 heterocycles. The number of rotatable bonds is 8. The average molecular weight is 464 g/mol. The van der Waals surface area contributed by atoms with Crippen molar-refractivity contribution in [1.29, 1.82) is 0 Å². The molecule has 7 nitrogen and oxygen atoms in total. The third-order valence-electron chi connectivity index (χ3n) is 4.93. The highest BCUT2D eigenvalue weighted by Gasteiger charge is 2.17. The molecule has 0 aliphatic rings. The van der Waals surface area contributed by atoms with E-state index >= 15 is 0 Å². The minimum Gasteiger partial charge on any atom is -0.493 e. The number of hydrogen-bond donors (Lipinski definition) is 1. The summed E-state index contributed by atoms with van der Waals surface area (Å²) in [5.74, 6) is 0.332. The van der Waals surface area contributed by atoms with Gasteiger partial charge in [0.25, 0.3) is 0 Å². The molecule has 1 aromatic heterocycles. The number of hydrogen-bond acceptors (Lipinski definition) is 5. The number of para-hydroxylation sites is 3. The summed E-state index contributed by atoms with van der Waals surface area (Å²) in [6.07, 6.45) is 0. The third kappa shape index (κ3) is 5.15. The zero-order chi connectivity index (χ0) is 23.2. The smallest absolute Gasteiger partial charge is 0.302 e. The second-order valence-corrected chi connectivity index (χ2v) is 7.60. The van der Waals surface area contributed by atoms with E-state index in [-0.39, 0.29) is 18.2 Å². The van der Waals surface area contributed by atoms with Gasteiger partial charge in [0.05, 0.1) is 18.7 Å². The number of ether oxygens (including phenoxy) is 2. The Kier molecular flexibility index (Phi) is 6.90. The number of nitrogens with zero attached hydrogens (tertiary/aromatic N) is 3. The molecule has 0 saturated heterocycles. The molecule has 8 heteroatoms. The van der Waals surface area contributed by atoms with Crippen molar-refractivity contribution in [2.75, 3.05) is 13.2 Å². The predicted molar refractivity (Wildman–Crippen MR) is 127 cm³/mol. The first-order valence-corrected chi connectivity index (χ1v) is 10.8. The maximum absolute atomic E-state index is 12.3. The van der Waals surface area contributed by atoms with Gasteiger partial charge in [-0.15, -0.1) is 10.2 Å². The van der Waals surface area contributed by atoms with Crippen LogP contribution in [0.15, 0.2) is 83.0 Å². The molecule has 4 aromatic rings. The molecule has 0 unspecified atom stereocenters. The van der Waals surface area contributed by atoms with E-state index in [1.54, 1.807) is 34.9 Å². The molecule has 0 radical (unpaired) electrons. The molecule has 0 saturated carbocycles. The number of amides is 1. The van der Waals surface area contributed by atoms with Gasteiger partial charge < -0.3 is 19.1 Å². The first-order chi connectivity index (χ1) is 16.1. The van der Waals surface area contributed by atoms with Crippen molar-refractivity contribution >= 4 is 34.1 Å². The molecule has 1 N–H and O–H groups in total. The normalized spacial score (nSPS) is 11.2.